The quantitative estimate of drug-likeness (QED) is 0.666. The minimum absolute atomic E-state index is 0.0194. The third kappa shape index (κ3) is 2.32. The van der Waals surface area contributed by atoms with Gasteiger partial charge in [0.1, 0.15) is 12.2 Å². The minimum Gasteiger partial charge on any atom is -0.493 e. The van der Waals surface area contributed by atoms with E-state index in [0.29, 0.717) is 0 Å². The van der Waals surface area contributed by atoms with Gasteiger partial charge in [0.2, 0.25) is 0 Å². The van der Waals surface area contributed by atoms with Crippen molar-refractivity contribution in [3.05, 3.63) is 12.3 Å². The highest BCUT2D eigenvalue weighted by Crippen LogP contribution is 2.30. The second-order valence-electron chi connectivity index (χ2n) is 2.40. The first-order valence-electron chi connectivity index (χ1n) is 3.60. The maximum atomic E-state index is 9.59. The third-order valence-corrected chi connectivity index (χ3v) is 3.72. The first kappa shape index (κ1) is 10.2. The lowest BCUT2D eigenvalue weighted by molar-refractivity contribution is -0.0283. The Morgan fingerprint density at radius 2 is 2.33 bits per heavy atom. The molecule has 0 aliphatic carbocycles. The lowest BCUT2D eigenvalue weighted by Gasteiger charge is -2.28. The smallest absolute Gasteiger partial charge is 0.148 e. The minimum atomic E-state index is -0.613. The zero-order valence-electron chi connectivity index (χ0n) is 6.71. The molecule has 0 aromatic carbocycles. The van der Waals surface area contributed by atoms with Crippen LogP contribution in [0.2, 0.25) is 0 Å². The third-order valence-electron chi connectivity index (χ3n) is 1.63. The molecule has 0 saturated carbocycles. The highest BCUT2D eigenvalue weighted by molar-refractivity contribution is 8.76. The van der Waals surface area contributed by atoms with Gasteiger partial charge in [-0.2, -0.15) is 0 Å². The second-order valence-corrected chi connectivity index (χ2v) is 5.05. The standard InChI is InChI=1S/C7H12O3S2/c1-11-12-6-2-3-10-5(4-8)7(6)9/h2-3,5-9H,4H2,1H3/t5?,6?,7-/m1/s1. The van der Waals surface area contributed by atoms with E-state index in [1.807, 2.05) is 6.26 Å². The van der Waals surface area contributed by atoms with Gasteiger partial charge in [-0.05, 0) is 12.3 Å². The van der Waals surface area contributed by atoms with Crippen molar-refractivity contribution in [1.82, 2.24) is 0 Å². The molecule has 0 radical (unpaired) electrons. The Bertz CT molecular complexity index is 163. The Hall–Kier alpha value is 0.160. The molecule has 1 aliphatic rings. The van der Waals surface area contributed by atoms with E-state index in [1.165, 1.54) is 0 Å². The molecule has 0 saturated heterocycles. The van der Waals surface area contributed by atoms with E-state index in [4.69, 9.17) is 9.84 Å². The lowest BCUT2D eigenvalue weighted by Crippen LogP contribution is -2.40. The van der Waals surface area contributed by atoms with Gasteiger partial charge in [0, 0.05) is 0 Å². The van der Waals surface area contributed by atoms with Crippen molar-refractivity contribution in [1.29, 1.82) is 0 Å². The Labute approximate surface area is 79.6 Å². The molecule has 3 atom stereocenters. The Morgan fingerprint density at radius 1 is 1.58 bits per heavy atom. The van der Waals surface area contributed by atoms with Gasteiger partial charge in [0.05, 0.1) is 18.1 Å². The molecule has 3 nitrogen and oxygen atoms in total. The summed E-state index contributed by atoms with van der Waals surface area (Å²) in [7, 11) is 3.16. The van der Waals surface area contributed by atoms with Gasteiger partial charge in [-0.15, -0.1) is 0 Å². The van der Waals surface area contributed by atoms with E-state index in [1.54, 1.807) is 33.9 Å². The van der Waals surface area contributed by atoms with Crippen molar-refractivity contribution >= 4 is 21.6 Å². The Morgan fingerprint density at radius 3 is 2.92 bits per heavy atom. The zero-order valence-corrected chi connectivity index (χ0v) is 8.35. The topological polar surface area (TPSA) is 49.7 Å². The van der Waals surface area contributed by atoms with Crippen LogP contribution in [-0.4, -0.2) is 40.5 Å². The Balaban J connectivity index is 2.52. The van der Waals surface area contributed by atoms with Crippen LogP contribution in [0.4, 0.5) is 0 Å². The molecule has 1 aliphatic heterocycles. The Kier molecular flexibility index (Phi) is 4.28. The number of hydrogen-bond acceptors (Lipinski definition) is 5. The molecule has 0 fully saturated rings. The van der Waals surface area contributed by atoms with E-state index in [9.17, 15) is 5.11 Å². The molecule has 0 amide bonds. The summed E-state index contributed by atoms with van der Waals surface area (Å²) in [6.07, 6.45) is 4.21. The van der Waals surface area contributed by atoms with Crippen LogP contribution >= 0.6 is 21.6 Å². The monoisotopic (exact) mass is 208 g/mol. The summed E-state index contributed by atoms with van der Waals surface area (Å²) in [6.45, 7) is -0.142. The normalized spacial score (nSPS) is 34.8. The maximum Gasteiger partial charge on any atom is 0.148 e. The van der Waals surface area contributed by atoms with Crippen LogP contribution in [0.3, 0.4) is 0 Å². The fourth-order valence-corrected chi connectivity index (χ4v) is 2.82. The summed E-state index contributed by atoms with van der Waals surface area (Å²) in [5.41, 5.74) is 0. The molecule has 2 unspecified atom stereocenters. The summed E-state index contributed by atoms with van der Waals surface area (Å²) in [6, 6.07) is 0. The van der Waals surface area contributed by atoms with Crippen molar-refractivity contribution in [2.45, 2.75) is 17.5 Å². The molecule has 5 heteroatoms. The fraction of sp³-hybridized carbons (Fsp3) is 0.714. The fourth-order valence-electron chi connectivity index (χ4n) is 0.981. The summed E-state index contributed by atoms with van der Waals surface area (Å²) in [4.78, 5) is 0. The average Bonchev–Trinajstić information content (AvgIpc) is 2.09. The summed E-state index contributed by atoms with van der Waals surface area (Å²) in [5, 5.41) is 18.4. The number of aliphatic hydroxyl groups is 2. The highest BCUT2D eigenvalue weighted by atomic mass is 33.1. The maximum absolute atomic E-state index is 9.59. The van der Waals surface area contributed by atoms with Crippen molar-refractivity contribution < 1.29 is 14.9 Å². The van der Waals surface area contributed by atoms with Gasteiger partial charge < -0.3 is 14.9 Å². The molecule has 0 bridgehead atoms. The number of aliphatic hydroxyl groups excluding tert-OH is 2. The molecule has 12 heavy (non-hydrogen) atoms. The second kappa shape index (κ2) is 5.01. The highest BCUT2D eigenvalue weighted by Gasteiger charge is 2.29. The predicted molar refractivity (Wildman–Crippen MR) is 52.0 cm³/mol. The number of ether oxygens (including phenoxy) is 1. The van der Waals surface area contributed by atoms with E-state index in [0.717, 1.165) is 0 Å². The van der Waals surface area contributed by atoms with Crippen LogP contribution < -0.4 is 0 Å². The number of rotatable bonds is 3. The van der Waals surface area contributed by atoms with Crippen LogP contribution in [0.5, 0.6) is 0 Å². The molecule has 0 spiro atoms. The first-order chi connectivity index (χ1) is 5.79. The molecule has 1 heterocycles. The molecule has 70 valence electrons. The molecule has 0 aromatic heterocycles. The molecule has 0 aromatic rings. The van der Waals surface area contributed by atoms with Crippen molar-refractivity contribution in [3.63, 3.8) is 0 Å². The van der Waals surface area contributed by atoms with Crippen LogP contribution in [0.25, 0.3) is 0 Å². The van der Waals surface area contributed by atoms with Gasteiger partial charge in [-0.25, -0.2) is 0 Å². The van der Waals surface area contributed by atoms with Gasteiger partial charge >= 0.3 is 0 Å². The van der Waals surface area contributed by atoms with Gasteiger partial charge in [-0.1, -0.05) is 21.6 Å². The SMILES string of the molecule is CSSC1C=COC(CO)[C@H]1O. The van der Waals surface area contributed by atoms with Crippen LogP contribution in [0.1, 0.15) is 0 Å². The van der Waals surface area contributed by atoms with E-state index in [-0.39, 0.29) is 11.9 Å². The van der Waals surface area contributed by atoms with Gasteiger partial charge in [0.15, 0.2) is 0 Å². The zero-order chi connectivity index (χ0) is 8.97. The van der Waals surface area contributed by atoms with E-state index in [2.05, 4.69) is 0 Å². The lowest BCUT2D eigenvalue weighted by atomic mass is 10.1. The molecule has 2 N–H and O–H groups in total. The van der Waals surface area contributed by atoms with Crippen LogP contribution in [0.15, 0.2) is 12.3 Å². The van der Waals surface area contributed by atoms with Gasteiger partial charge in [-0.3, -0.25) is 0 Å². The van der Waals surface area contributed by atoms with E-state index >= 15 is 0 Å². The first-order valence-corrected chi connectivity index (χ1v) is 6.22. The van der Waals surface area contributed by atoms with E-state index < -0.39 is 12.2 Å². The predicted octanol–water partition coefficient (Wildman–Crippen LogP) is 0.632. The van der Waals surface area contributed by atoms with Gasteiger partial charge in [0.25, 0.3) is 0 Å². The molecule has 1 rings (SSSR count). The van der Waals surface area contributed by atoms with Crippen LogP contribution in [-0.2, 0) is 4.74 Å². The molecular weight excluding hydrogens is 196 g/mol. The summed E-state index contributed by atoms with van der Waals surface area (Å²) < 4.78 is 5.01. The summed E-state index contributed by atoms with van der Waals surface area (Å²) in [5.74, 6) is 0. The van der Waals surface area contributed by atoms with Crippen molar-refractivity contribution in [3.8, 4) is 0 Å². The number of hydrogen-bond donors (Lipinski definition) is 2. The summed E-state index contributed by atoms with van der Waals surface area (Å²) >= 11 is 0. The van der Waals surface area contributed by atoms with Crippen LogP contribution in [0, 0.1) is 0 Å². The molecular formula is C7H12O3S2. The average molecular weight is 208 g/mol. The largest absolute Gasteiger partial charge is 0.493 e. The van der Waals surface area contributed by atoms with Crippen molar-refractivity contribution in [2.75, 3.05) is 12.9 Å². The van der Waals surface area contributed by atoms with Crippen molar-refractivity contribution in [2.24, 2.45) is 0 Å².